The minimum atomic E-state index is -0.711. The van der Waals surface area contributed by atoms with E-state index in [-0.39, 0.29) is 6.61 Å². The molecule has 2 nitrogen and oxygen atoms in total. The number of aliphatic hydroxyl groups excluding tert-OH is 1. The standard InChI is InChI=1S/C9H10O2S/c10-4-7-1-2-8-5-12(11)6-9(8)3-7/h1-3,10H,4-6H2. The monoisotopic (exact) mass is 182 g/mol. The van der Waals surface area contributed by atoms with Crippen LogP contribution in [-0.2, 0) is 29.3 Å². The fourth-order valence-electron chi connectivity index (χ4n) is 1.45. The first-order valence-corrected chi connectivity index (χ1v) is 5.35. The second-order valence-corrected chi connectivity index (χ2v) is 4.45. The molecule has 0 fully saturated rings. The largest absolute Gasteiger partial charge is 0.616 e. The number of rotatable bonds is 1. The molecule has 1 aromatic carbocycles. The lowest BCUT2D eigenvalue weighted by Gasteiger charge is -1.98. The van der Waals surface area contributed by atoms with Gasteiger partial charge in [-0.15, -0.1) is 0 Å². The zero-order chi connectivity index (χ0) is 8.55. The van der Waals surface area contributed by atoms with Gasteiger partial charge in [-0.1, -0.05) is 12.1 Å². The van der Waals surface area contributed by atoms with Gasteiger partial charge < -0.3 is 9.66 Å². The topological polar surface area (TPSA) is 43.3 Å². The van der Waals surface area contributed by atoms with E-state index in [4.69, 9.17) is 5.11 Å². The van der Waals surface area contributed by atoms with Crippen LogP contribution in [0.5, 0.6) is 0 Å². The summed E-state index contributed by atoms with van der Waals surface area (Å²) in [5.41, 5.74) is 3.22. The molecule has 1 aliphatic heterocycles. The van der Waals surface area contributed by atoms with Crippen LogP contribution in [0.25, 0.3) is 0 Å². The summed E-state index contributed by atoms with van der Waals surface area (Å²) < 4.78 is 11.1. The first-order valence-electron chi connectivity index (χ1n) is 3.86. The van der Waals surface area contributed by atoms with Crippen LogP contribution >= 0.6 is 0 Å². The van der Waals surface area contributed by atoms with Crippen molar-refractivity contribution in [3.05, 3.63) is 34.9 Å². The van der Waals surface area contributed by atoms with E-state index in [9.17, 15) is 4.55 Å². The van der Waals surface area contributed by atoms with Gasteiger partial charge in [0.25, 0.3) is 0 Å². The third-order valence-corrected chi connectivity index (χ3v) is 3.35. The predicted molar refractivity (Wildman–Crippen MR) is 47.9 cm³/mol. The number of hydrogen-bond donors (Lipinski definition) is 1. The van der Waals surface area contributed by atoms with Crippen LogP contribution in [0.15, 0.2) is 18.2 Å². The predicted octanol–water partition coefficient (Wildman–Crippen LogP) is 0.941. The van der Waals surface area contributed by atoms with Crippen molar-refractivity contribution >= 4 is 11.2 Å². The summed E-state index contributed by atoms with van der Waals surface area (Å²) in [5.74, 6) is 1.34. The third-order valence-electron chi connectivity index (χ3n) is 2.09. The summed E-state index contributed by atoms with van der Waals surface area (Å²) >= 11 is -0.711. The average Bonchev–Trinajstić information content (AvgIpc) is 2.43. The highest BCUT2D eigenvalue weighted by Crippen LogP contribution is 2.25. The van der Waals surface area contributed by atoms with E-state index < -0.39 is 11.2 Å². The van der Waals surface area contributed by atoms with Crippen LogP contribution in [-0.4, -0.2) is 9.66 Å². The van der Waals surface area contributed by atoms with E-state index in [0.717, 1.165) is 11.1 Å². The molecule has 0 spiro atoms. The maximum absolute atomic E-state index is 11.1. The Kier molecular flexibility index (Phi) is 2.09. The Morgan fingerprint density at radius 3 is 2.83 bits per heavy atom. The van der Waals surface area contributed by atoms with Crippen molar-refractivity contribution in [2.24, 2.45) is 0 Å². The van der Waals surface area contributed by atoms with E-state index in [1.807, 2.05) is 18.2 Å². The van der Waals surface area contributed by atoms with Gasteiger partial charge >= 0.3 is 0 Å². The zero-order valence-corrected chi connectivity index (χ0v) is 7.43. The van der Waals surface area contributed by atoms with Gasteiger partial charge in [0.05, 0.1) is 6.61 Å². The SMILES string of the molecule is [O-][S+]1Cc2ccc(CO)cc2C1. The summed E-state index contributed by atoms with van der Waals surface area (Å²) in [6.45, 7) is 0.0694. The van der Waals surface area contributed by atoms with Gasteiger partial charge in [-0.25, -0.2) is 0 Å². The molecule has 1 aromatic rings. The molecule has 64 valence electrons. The molecule has 12 heavy (non-hydrogen) atoms. The van der Waals surface area contributed by atoms with Crippen molar-refractivity contribution in [2.75, 3.05) is 0 Å². The van der Waals surface area contributed by atoms with E-state index >= 15 is 0 Å². The fourth-order valence-corrected chi connectivity index (χ4v) is 2.80. The van der Waals surface area contributed by atoms with Crippen LogP contribution in [0, 0.1) is 0 Å². The minimum absolute atomic E-state index is 0.0694. The Bertz CT molecular complexity index is 299. The molecule has 1 heterocycles. The number of benzene rings is 1. The van der Waals surface area contributed by atoms with Crippen LogP contribution in [0.4, 0.5) is 0 Å². The summed E-state index contributed by atoms with van der Waals surface area (Å²) in [6.07, 6.45) is 0. The first kappa shape index (κ1) is 8.10. The smallest absolute Gasteiger partial charge is 0.131 e. The maximum Gasteiger partial charge on any atom is 0.131 e. The third kappa shape index (κ3) is 1.35. The highest BCUT2D eigenvalue weighted by molar-refractivity contribution is 7.90. The molecule has 0 aromatic heterocycles. The normalized spacial score (nSPS) is 21.0. The summed E-state index contributed by atoms with van der Waals surface area (Å²) in [6, 6.07) is 5.80. The van der Waals surface area contributed by atoms with Crippen molar-refractivity contribution in [3.63, 3.8) is 0 Å². The lowest BCUT2D eigenvalue weighted by molar-refractivity contribution is 0.281. The Morgan fingerprint density at radius 2 is 2.08 bits per heavy atom. The molecule has 0 saturated heterocycles. The Morgan fingerprint density at radius 1 is 1.33 bits per heavy atom. The molecular formula is C9H10O2S. The molecular weight excluding hydrogens is 172 g/mol. The quantitative estimate of drug-likeness (QED) is 0.657. The van der Waals surface area contributed by atoms with Gasteiger partial charge in [-0.2, -0.15) is 0 Å². The van der Waals surface area contributed by atoms with Crippen molar-refractivity contribution < 1.29 is 9.66 Å². The van der Waals surface area contributed by atoms with Gasteiger partial charge in [0.15, 0.2) is 0 Å². The van der Waals surface area contributed by atoms with Crippen molar-refractivity contribution in [1.29, 1.82) is 0 Å². The molecule has 0 amide bonds. The van der Waals surface area contributed by atoms with Gasteiger partial charge in [0.1, 0.15) is 11.5 Å². The average molecular weight is 182 g/mol. The van der Waals surface area contributed by atoms with E-state index in [2.05, 4.69) is 0 Å². The second-order valence-electron chi connectivity index (χ2n) is 2.99. The highest BCUT2D eigenvalue weighted by Gasteiger charge is 2.21. The molecule has 0 saturated carbocycles. The second kappa shape index (κ2) is 3.09. The van der Waals surface area contributed by atoms with Crippen molar-refractivity contribution in [1.82, 2.24) is 0 Å². The molecule has 1 aliphatic rings. The summed E-state index contributed by atoms with van der Waals surface area (Å²) in [7, 11) is 0. The molecule has 1 N–H and O–H groups in total. The molecule has 1 unspecified atom stereocenters. The molecule has 1 atom stereocenters. The van der Waals surface area contributed by atoms with Gasteiger partial charge in [-0.3, -0.25) is 0 Å². The first-order chi connectivity index (χ1) is 5.79. The minimum Gasteiger partial charge on any atom is -0.616 e. The number of aliphatic hydroxyl groups is 1. The molecule has 2 rings (SSSR count). The lowest BCUT2D eigenvalue weighted by atomic mass is 10.1. The molecule has 0 bridgehead atoms. The van der Waals surface area contributed by atoms with Gasteiger partial charge in [0, 0.05) is 11.1 Å². The Labute approximate surface area is 74.4 Å². The summed E-state index contributed by atoms with van der Waals surface area (Å²) in [5, 5.41) is 8.86. The molecule has 0 radical (unpaired) electrons. The Hall–Kier alpha value is -0.510. The van der Waals surface area contributed by atoms with E-state index in [0.29, 0.717) is 11.5 Å². The van der Waals surface area contributed by atoms with Crippen molar-refractivity contribution in [3.8, 4) is 0 Å². The zero-order valence-electron chi connectivity index (χ0n) is 6.62. The van der Waals surface area contributed by atoms with Crippen LogP contribution in [0.2, 0.25) is 0 Å². The Balaban J connectivity index is 2.35. The van der Waals surface area contributed by atoms with Crippen molar-refractivity contribution in [2.45, 2.75) is 18.1 Å². The van der Waals surface area contributed by atoms with Crippen LogP contribution in [0.1, 0.15) is 16.7 Å². The van der Waals surface area contributed by atoms with E-state index in [1.165, 1.54) is 5.56 Å². The lowest BCUT2D eigenvalue weighted by Crippen LogP contribution is -1.95. The van der Waals surface area contributed by atoms with Crippen LogP contribution in [0.3, 0.4) is 0 Å². The molecule has 3 heteroatoms. The molecule has 0 aliphatic carbocycles. The number of hydrogen-bond acceptors (Lipinski definition) is 2. The highest BCUT2D eigenvalue weighted by atomic mass is 32.2. The number of fused-ring (bicyclic) bond motifs is 1. The fraction of sp³-hybridized carbons (Fsp3) is 0.333. The van der Waals surface area contributed by atoms with Crippen LogP contribution < -0.4 is 0 Å². The van der Waals surface area contributed by atoms with Gasteiger partial charge in [0.2, 0.25) is 0 Å². The maximum atomic E-state index is 11.1. The summed E-state index contributed by atoms with van der Waals surface area (Å²) in [4.78, 5) is 0. The van der Waals surface area contributed by atoms with Gasteiger partial charge in [-0.05, 0) is 22.8 Å². The van der Waals surface area contributed by atoms with E-state index in [1.54, 1.807) is 0 Å².